The normalized spacial score (nSPS) is 9.00. The summed E-state index contributed by atoms with van der Waals surface area (Å²) in [5.41, 5.74) is 1.49. The Hall–Kier alpha value is -1.29. The van der Waals surface area contributed by atoms with Gasteiger partial charge in [-0.1, -0.05) is 40.0 Å². The van der Waals surface area contributed by atoms with Crippen LogP contribution in [0, 0.1) is 11.3 Å². The standard InChI is InChI=1S/C9H11N.C2H6/c1-4-6-9(7-10)8(3)5-2;1-2/h4,6H,1,3,5H2,2H3;1-2H3/b9-6-;. The Morgan fingerprint density at radius 2 is 2.00 bits per heavy atom. The van der Waals surface area contributed by atoms with Crippen molar-refractivity contribution in [1.29, 1.82) is 5.26 Å². The lowest BCUT2D eigenvalue weighted by atomic mass is 10.1. The first-order valence-corrected chi connectivity index (χ1v) is 4.17. The van der Waals surface area contributed by atoms with Crippen LogP contribution in [0.2, 0.25) is 0 Å². The van der Waals surface area contributed by atoms with Crippen molar-refractivity contribution in [3.8, 4) is 6.07 Å². The summed E-state index contributed by atoms with van der Waals surface area (Å²) >= 11 is 0. The van der Waals surface area contributed by atoms with Crippen LogP contribution in [-0.4, -0.2) is 0 Å². The van der Waals surface area contributed by atoms with Gasteiger partial charge in [-0.05, 0) is 18.1 Å². The van der Waals surface area contributed by atoms with Crippen molar-refractivity contribution in [3.05, 3.63) is 36.5 Å². The molecule has 12 heavy (non-hydrogen) atoms. The highest BCUT2D eigenvalue weighted by Crippen LogP contribution is 2.09. The fraction of sp³-hybridized carbons (Fsp3) is 0.364. The molecule has 0 aliphatic rings. The highest BCUT2D eigenvalue weighted by molar-refractivity contribution is 5.41. The molecule has 0 rings (SSSR count). The Morgan fingerprint density at radius 1 is 1.50 bits per heavy atom. The maximum absolute atomic E-state index is 8.53. The molecule has 0 saturated carbocycles. The average Bonchev–Trinajstić information content (AvgIpc) is 2.16. The zero-order valence-corrected chi connectivity index (χ0v) is 8.22. The first kappa shape index (κ1) is 13.3. The van der Waals surface area contributed by atoms with E-state index in [1.54, 1.807) is 12.2 Å². The Balaban J connectivity index is 0. The van der Waals surface area contributed by atoms with Gasteiger partial charge in [0.2, 0.25) is 0 Å². The van der Waals surface area contributed by atoms with Crippen molar-refractivity contribution in [3.63, 3.8) is 0 Å². The molecule has 0 amide bonds. The summed E-state index contributed by atoms with van der Waals surface area (Å²) in [6, 6.07) is 2.04. The zero-order chi connectivity index (χ0) is 9.98. The van der Waals surface area contributed by atoms with E-state index in [0.29, 0.717) is 5.57 Å². The molecule has 0 aromatic carbocycles. The molecule has 1 heteroatoms. The first-order chi connectivity index (χ1) is 5.76. The van der Waals surface area contributed by atoms with Gasteiger partial charge < -0.3 is 0 Å². The van der Waals surface area contributed by atoms with Gasteiger partial charge >= 0.3 is 0 Å². The van der Waals surface area contributed by atoms with E-state index >= 15 is 0 Å². The third-order valence-corrected chi connectivity index (χ3v) is 1.21. The molecular weight excluding hydrogens is 146 g/mol. The van der Waals surface area contributed by atoms with Gasteiger partial charge in [-0.15, -0.1) is 0 Å². The minimum Gasteiger partial charge on any atom is -0.192 e. The molecule has 0 spiro atoms. The fourth-order valence-corrected chi connectivity index (χ4v) is 0.542. The van der Waals surface area contributed by atoms with E-state index < -0.39 is 0 Å². The number of nitrogens with zero attached hydrogens (tertiary/aromatic N) is 1. The van der Waals surface area contributed by atoms with E-state index in [9.17, 15) is 0 Å². The lowest BCUT2D eigenvalue weighted by Crippen LogP contribution is -1.81. The summed E-state index contributed by atoms with van der Waals surface area (Å²) < 4.78 is 0. The van der Waals surface area contributed by atoms with Crippen LogP contribution in [-0.2, 0) is 0 Å². The van der Waals surface area contributed by atoms with Crippen LogP contribution >= 0.6 is 0 Å². The van der Waals surface area contributed by atoms with Gasteiger partial charge in [0.15, 0.2) is 0 Å². The van der Waals surface area contributed by atoms with Crippen molar-refractivity contribution in [2.45, 2.75) is 27.2 Å². The SMILES string of the molecule is C=C/C=C(/C#N)C(=C)CC.CC. The van der Waals surface area contributed by atoms with E-state index in [1.807, 2.05) is 26.8 Å². The number of nitriles is 1. The molecule has 0 fully saturated rings. The third-order valence-electron chi connectivity index (χ3n) is 1.21. The molecule has 0 saturated heterocycles. The summed E-state index contributed by atoms with van der Waals surface area (Å²) in [6.07, 6.45) is 4.08. The average molecular weight is 163 g/mol. The molecule has 0 aromatic rings. The Labute approximate surface area is 75.7 Å². The van der Waals surface area contributed by atoms with Gasteiger partial charge in [-0.3, -0.25) is 0 Å². The number of hydrogen-bond donors (Lipinski definition) is 0. The molecular formula is C11H17N. The third kappa shape index (κ3) is 5.49. The van der Waals surface area contributed by atoms with Crippen molar-refractivity contribution < 1.29 is 0 Å². The van der Waals surface area contributed by atoms with Gasteiger partial charge in [0, 0.05) is 0 Å². The highest BCUT2D eigenvalue weighted by Gasteiger charge is 1.95. The quantitative estimate of drug-likeness (QED) is 0.460. The topological polar surface area (TPSA) is 23.8 Å². The summed E-state index contributed by atoms with van der Waals surface area (Å²) in [5.74, 6) is 0. The van der Waals surface area contributed by atoms with Crippen LogP contribution in [0.25, 0.3) is 0 Å². The molecule has 0 aromatic heterocycles. The zero-order valence-electron chi connectivity index (χ0n) is 8.22. The van der Waals surface area contributed by atoms with E-state index in [0.717, 1.165) is 12.0 Å². The van der Waals surface area contributed by atoms with E-state index in [2.05, 4.69) is 13.2 Å². The fourth-order valence-electron chi connectivity index (χ4n) is 0.542. The second kappa shape index (κ2) is 9.71. The predicted molar refractivity (Wildman–Crippen MR) is 54.7 cm³/mol. The number of hydrogen-bond acceptors (Lipinski definition) is 1. The largest absolute Gasteiger partial charge is 0.192 e. The monoisotopic (exact) mass is 163 g/mol. The minimum absolute atomic E-state index is 0.623. The molecule has 0 radical (unpaired) electrons. The van der Waals surface area contributed by atoms with Crippen LogP contribution in [0.3, 0.4) is 0 Å². The molecule has 0 aliphatic heterocycles. The van der Waals surface area contributed by atoms with Crippen LogP contribution in [0.1, 0.15) is 27.2 Å². The van der Waals surface area contributed by atoms with Crippen LogP contribution < -0.4 is 0 Å². The van der Waals surface area contributed by atoms with E-state index in [-0.39, 0.29) is 0 Å². The molecule has 0 bridgehead atoms. The van der Waals surface area contributed by atoms with Crippen molar-refractivity contribution in [1.82, 2.24) is 0 Å². The smallest absolute Gasteiger partial charge is 0.0994 e. The summed E-state index contributed by atoms with van der Waals surface area (Å²) in [4.78, 5) is 0. The van der Waals surface area contributed by atoms with Crippen LogP contribution in [0.5, 0.6) is 0 Å². The van der Waals surface area contributed by atoms with Crippen molar-refractivity contribution >= 4 is 0 Å². The molecule has 0 heterocycles. The van der Waals surface area contributed by atoms with E-state index in [4.69, 9.17) is 5.26 Å². The van der Waals surface area contributed by atoms with Crippen LogP contribution in [0.4, 0.5) is 0 Å². The van der Waals surface area contributed by atoms with Gasteiger partial charge in [-0.25, -0.2) is 0 Å². The molecule has 0 aliphatic carbocycles. The van der Waals surface area contributed by atoms with Gasteiger partial charge in [-0.2, -0.15) is 5.26 Å². The first-order valence-electron chi connectivity index (χ1n) is 4.17. The van der Waals surface area contributed by atoms with Crippen molar-refractivity contribution in [2.24, 2.45) is 0 Å². The summed E-state index contributed by atoms with van der Waals surface area (Å²) in [6.45, 7) is 13.2. The van der Waals surface area contributed by atoms with Gasteiger partial charge in [0.1, 0.15) is 0 Å². The van der Waals surface area contributed by atoms with Gasteiger partial charge in [0.05, 0.1) is 11.6 Å². The second-order valence-corrected chi connectivity index (χ2v) is 1.88. The summed E-state index contributed by atoms with van der Waals surface area (Å²) in [7, 11) is 0. The lowest BCUT2D eigenvalue weighted by Gasteiger charge is -1.95. The van der Waals surface area contributed by atoms with Gasteiger partial charge in [0.25, 0.3) is 0 Å². The molecule has 0 unspecified atom stereocenters. The Morgan fingerprint density at radius 3 is 2.25 bits per heavy atom. The maximum Gasteiger partial charge on any atom is 0.0994 e. The van der Waals surface area contributed by atoms with E-state index in [1.165, 1.54) is 0 Å². The molecule has 66 valence electrons. The molecule has 0 N–H and O–H groups in total. The molecule has 0 atom stereocenters. The lowest BCUT2D eigenvalue weighted by molar-refractivity contribution is 1.13. The highest BCUT2D eigenvalue weighted by atomic mass is 14.2. The predicted octanol–water partition coefficient (Wildman–Crippen LogP) is 3.61. The Bertz CT molecular complexity index is 204. The summed E-state index contributed by atoms with van der Waals surface area (Å²) in [5, 5.41) is 8.53. The Kier molecular flexibility index (Phi) is 10.8. The number of allylic oxidation sites excluding steroid dienone is 4. The van der Waals surface area contributed by atoms with Crippen molar-refractivity contribution in [2.75, 3.05) is 0 Å². The maximum atomic E-state index is 8.53. The number of rotatable bonds is 3. The van der Waals surface area contributed by atoms with Crippen LogP contribution in [0.15, 0.2) is 36.5 Å². The molecule has 1 nitrogen and oxygen atoms in total. The second-order valence-electron chi connectivity index (χ2n) is 1.88. The minimum atomic E-state index is 0.623.